The quantitative estimate of drug-likeness (QED) is 0.646. The van der Waals surface area contributed by atoms with Gasteiger partial charge in [0.1, 0.15) is 0 Å². The molecule has 0 aromatic heterocycles. The second kappa shape index (κ2) is 9.64. The number of sulfonamides is 1. The average molecular weight is 390 g/mol. The predicted molar refractivity (Wildman–Crippen MR) is 107 cm³/mol. The number of rotatable bonds is 9. The highest BCUT2D eigenvalue weighted by Crippen LogP contribution is 2.17. The molecule has 6 nitrogen and oxygen atoms in total. The topological polar surface area (TPSA) is 78.5 Å². The van der Waals surface area contributed by atoms with Gasteiger partial charge in [-0.25, -0.2) is 13.1 Å². The summed E-state index contributed by atoms with van der Waals surface area (Å²) in [6, 6.07) is 15.0. The first kappa shape index (κ1) is 21.1. The van der Waals surface area contributed by atoms with Gasteiger partial charge in [-0.1, -0.05) is 36.4 Å². The van der Waals surface area contributed by atoms with Crippen LogP contribution >= 0.6 is 0 Å². The molecule has 0 bridgehead atoms. The van der Waals surface area contributed by atoms with Gasteiger partial charge in [0.2, 0.25) is 10.0 Å². The molecule has 2 aromatic rings. The van der Waals surface area contributed by atoms with E-state index in [1.807, 2.05) is 49.3 Å². The van der Waals surface area contributed by atoms with Gasteiger partial charge >= 0.3 is 0 Å². The Morgan fingerprint density at radius 1 is 1.07 bits per heavy atom. The zero-order valence-corrected chi connectivity index (χ0v) is 16.8. The lowest BCUT2D eigenvalue weighted by Gasteiger charge is -2.15. The van der Waals surface area contributed by atoms with E-state index in [9.17, 15) is 13.2 Å². The van der Waals surface area contributed by atoms with Gasteiger partial charge in [-0.05, 0) is 57.7 Å². The molecule has 0 aliphatic carbocycles. The van der Waals surface area contributed by atoms with E-state index < -0.39 is 10.0 Å². The summed E-state index contributed by atoms with van der Waals surface area (Å²) in [5.41, 5.74) is 1.20. The van der Waals surface area contributed by atoms with Crippen molar-refractivity contribution in [2.24, 2.45) is 0 Å². The first-order valence-electron chi connectivity index (χ1n) is 8.90. The van der Waals surface area contributed by atoms with Gasteiger partial charge in [0.05, 0.1) is 4.90 Å². The molecule has 0 saturated carbocycles. The van der Waals surface area contributed by atoms with Crippen LogP contribution in [-0.2, 0) is 10.0 Å². The van der Waals surface area contributed by atoms with Crippen molar-refractivity contribution in [3.8, 4) is 0 Å². The lowest BCUT2D eigenvalue weighted by atomic mass is 10.1. The molecule has 0 heterocycles. The first-order valence-corrected chi connectivity index (χ1v) is 10.4. The maximum atomic E-state index is 12.7. The molecule has 1 amide bonds. The number of nitrogens with one attached hydrogen (secondary N) is 2. The highest BCUT2D eigenvalue weighted by atomic mass is 32.2. The molecule has 1 atom stereocenters. The van der Waals surface area contributed by atoms with E-state index in [4.69, 9.17) is 0 Å². The van der Waals surface area contributed by atoms with Crippen LogP contribution in [0.15, 0.2) is 59.5 Å². The smallest absolute Gasteiger partial charge is 0.251 e. The lowest BCUT2D eigenvalue weighted by molar-refractivity contribution is 0.0952. The molecule has 0 radical (unpaired) electrons. The Hall–Kier alpha value is -2.22. The summed E-state index contributed by atoms with van der Waals surface area (Å²) in [5, 5.41) is 2.82. The standard InChI is InChI=1S/C20H27N3O3S/c1-16(17-9-5-4-6-10-17)22-27(25,26)19-12-7-11-18(15-19)20(24)21-13-8-14-23(2)3/h4-7,9-12,15-16,22H,8,13-14H2,1-3H3,(H,21,24). The summed E-state index contributed by atoms with van der Waals surface area (Å²) in [4.78, 5) is 14.4. The minimum absolute atomic E-state index is 0.0752. The second-order valence-corrected chi connectivity index (χ2v) is 8.41. The highest BCUT2D eigenvalue weighted by molar-refractivity contribution is 7.89. The van der Waals surface area contributed by atoms with E-state index in [1.54, 1.807) is 19.1 Å². The van der Waals surface area contributed by atoms with E-state index in [1.165, 1.54) is 12.1 Å². The van der Waals surface area contributed by atoms with Crippen molar-refractivity contribution in [1.29, 1.82) is 0 Å². The van der Waals surface area contributed by atoms with E-state index in [2.05, 4.69) is 10.0 Å². The highest BCUT2D eigenvalue weighted by Gasteiger charge is 2.19. The van der Waals surface area contributed by atoms with Crippen LogP contribution in [0.5, 0.6) is 0 Å². The maximum absolute atomic E-state index is 12.7. The third-order valence-electron chi connectivity index (χ3n) is 4.11. The molecule has 0 aliphatic heterocycles. The molecule has 0 fully saturated rings. The monoisotopic (exact) mass is 389 g/mol. The van der Waals surface area contributed by atoms with Gasteiger partial charge in [-0.2, -0.15) is 0 Å². The molecule has 0 spiro atoms. The number of carbonyl (C=O) groups excluding carboxylic acids is 1. The van der Waals surface area contributed by atoms with Crippen molar-refractivity contribution < 1.29 is 13.2 Å². The number of hydrogen-bond acceptors (Lipinski definition) is 4. The molecule has 2 aromatic carbocycles. The minimum atomic E-state index is -3.74. The molecular weight excluding hydrogens is 362 g/mol. The van der Waals surface area contributed by atoms with Crippen LogP contribution in [0, 0.1) is 0 Å². The molecule has 2 N–H and O–H groups in total. The summed E-state index contributed by atoms with van der Waals surface area (Å²) in [6.07, 6.45) is 0.826. The van der Waals surface area contributed by atoms with E-state index in [0.29, 0.717) is 12.1 Å². The van der Waals surface area contributed by atoms with Crippen molar-refractivity contribution in [3.05, 3.63) is 65.7 Å². The van der Waals surface area contributed by atoms with E-state index in [0.717, 1.165) is 18.5 Å². The summed E-state index contributed by atoms with van der Waals surface area (Å²) in [6.45, 7) is 3.20. The predicted octanol–water partition coefficient (Wildman–Crippen LogP) is 2.41. The normalized spacial score (nSPS) is 12.7. The average Bonchev–Trinajstić information content (AvgIpc) is 2.65. The third kappa shape index (κ3) is 6.46. The van der Waals surface area contributed by atoms with Crippen LogP contribution in [0.3, 0.4) is 0 Å². The fourth-order valence-electron chi connectivity index (χ4n) is 2.61. The maximum Gasteiger partial charge on any atom is 0.251 e. The van der Waals surface area contributed by atoms with Crippen LogP contribution in [0.2, 0.25) is 0 Å². The summed E-state index contributed by atoms with van der Waals surface area (Å²) >= 11 is 0. The van der Waals surface area contributed by atoms with Gasteiger partial charge < -0.3 is 10.2 Å². The van der Waals surface area contributed by atoms with Crippen LogP contribution in [0.25, 0.3) is 0 Å². The Labute approximate surface area is 161 Å². The molecule has 2 rings (SSSR count). The molecule has 1 unspecified atom stereocenters. The van der Waals surface area contributed by atoms with Gasteiger partial charge in [0.15, 0.2) is 0 Å². The number of carbonyl (C=O) groups is 1. The van der Waals surface area contributed by atoms with Gasteiger partial charge in [0.25, 0.3) is 5.91 Å². The fourth-order valence-corrected chi connectivity index (χ4v) is 3.89. The molecule has 146 valence electrons. The second-order valence-electron chi connectivity index (χ2n) is 6.69. The van der Waals surface area contributed by atoms with Crippen molar-refractivity contribution in [3.63, 3.8) is 0 Å². The Kier molecular flexibility index (Phi) is 7.53. The first-order chi connectivity index (χ1) is 12.8. The van der Waals surface area contributed by atoms with E-state index in [-0.39, 0.29) is 16.8 Å². The van der Waals surface area contributed by atoms with Crippen LogP contribution in [0.1, 0.15) is 35.3 Å². The van der Waals surface area contributed by atoms with E-state index >= 15 is 0 Å². The molecule has 0 saturated heterocycles. The number of hydrogen-bond donors (Lipinski definition) is 2. The van der Waals surface area contributed by atoms with Crippen molar-refractivity contribution in [1.82, 2.24) is 14.9 Å². The molecule has 27 heavy (non-hydrogen) atoms. The van der Waals surface area contributed by atoms with Crippen molar-refractivity contribution in [2.45, 2.75) is 24.3 Å². The largest absolute Gasteiger partial charge is 0.352 e. The molecule has 0 aliphatic rings. The van der Waals surface area contributed by atoms with Crippen molar-refractivity contribution in [2.75, 3.05) is 27.2 Å². The SMILES string of the molecule is CC(NS(=O)(=O)c1cccc(C(=O)NCCCN(C)C)c1)c1ccccc1. The van der Waals surface area contributed by atoms with Gasteiger partial charge in [0, 0.05) is 18.2 Å². The zero-order valence-electron chi connectivity index (χ0n) is 16.0. The Balaban J connectivity index is 2.05. The number of nitrogens with zero attached hydrogens (tertiary/aromatic N) is 1. The third-order valence-corrected chi connectivity index (χ3v) is 5.64. The Morgan fingerprint density at radius 3 is 2.44 bits per heavy atom. The van der Waals surface area contributed by atoms with Gasteiger partial charge in [-0.3, -0.25) is 4.79 Å². The van der Waals surface area contributed by atoms with Crippen LogP contribution in [-0.4, -0.2) is 46.4 Å². The lowest BCUT2D eigenvalue weighted by Crippen LogP contribution is -2.29. The number of amides is 1. The van der Waals surface area contributed by atoms with Crippen molar-refractivity contribution >= 4 is 15.9 Å². The molecular formula is C20H27N3O3S. The van der Waals surface area contributed by atoms with Crippen LogP contribution in [0.4, 0.5) is 0 Å². The molecule has 7 heteroatoms. The summed E-state index contributed by atoms with van der Waals surface area (Å²) < 4.78 is 28.0. The van der Waals surface area contributed by atoms with Crippen LogP contribution < -0.4 is 10.0 Å². The summed E-state index contributed by atoms with van der Waals surface area (Å²) in [7, 11) is 0.207. The zero-order chi connectivity index (χ0) is 19.9. The fraction of sp³-hybridized carbons (Fsp3) is 0.350. The Morgan fingerprint density at radius 2 is 1.78 bits per heavy atom. The Bertz CT molecular complexity index is 852. The number of benzene rings is 2. The minimum Gasteiger partial charge on any atom is -0.352 e. The summed E-state index contributed by atoms with van der Waals surface area (Å²) in [5.74, 6) is -0.276. The van der Waals surface area contributed by atoms with Gasteiger partial charge in [-0.15, -0.1) is 0 Å².